The number of esters is 2. The van der Waals surface area contributed by atoms with Crippen molar-refractivity contribution in [1.82, 2.24) is 21.3 Å². The standard InChI is InChI=1S/C28H50N4O10S2/c1-15(2)19(23(35)39-11)31-21(33)17(29-25(37)41-27(5,6)7)13-43-44-14-18(30-26(38)42-28(8,9)10)22(34)32-20(16(3)4)24(36)40-12/h15-20H,13-14H2,1-12H3,(H,29,37)(H,30,38)(H,31,33)(H,32,34)/t17-,18-,19-,20-/m0/s1. The first-order valence-electron chi connectivity index (χ1n) is 14.1. The molecule has 0 aliphatic rings. The third-order valence-electron chi connectivity index (χ3n) is 5.41. The highest BCUT2D eigenvalue weighted by molar-refractivity contribution is 8.76. The summed E-state index contributed by atoms with van der Waals surface area (Å²) in [6.07, 6.45) is -1.68. The summed E-state index contributed by atoms with van der Waals surface area (Å²) in [7, 11) is 4.67. The number of amides is 4. The largest absolute Gasteiger partial charge is 0.467 e. The summed E-state index contributed by atoms with van der Waals surface area (Å²) >= 11 is 0. The molecule has 0 unspecified atom stereocenters. The molecule has 0 aliphatic carbocycles. The van der Waals surface area contributed by atoms with E-state index in [-0.39, 0.29) is 23.3 Å². The number of carbonyl (C=O) groups excluding carboxylic acids is 6. The molecule has 44 heavy (non-hydrogen) atoms. The fraction of sp³-hybridized carbons (Fsp3) is 0.786. The van der Waals surface area contributed by atoms with Crippen molar-refractivity contribution >= 4 is 57.5 Å². The summed E-state index contributed by atoms with van der Waals surface area (Å²) in [5.41, 5.74) is -1.66. The van der Waals surface area contributed by atoms with Gasteiger partial charge in [0.25, 0.3) is 0 Å². The van der Waals surface area contributed by atoms with E-state index < -0.39 is 71.3 Å². The number of rotatable bonds is 15. The van der Waals surface area contributed by atoms with Gasteiger partial charge >= 0.3 is 24.1 Å². The number of methoxy groups -OCH3 is 2. The topological polar surface area (TPSA) is 187 Å². The summed E-state index contributed by atoms with van der Waals surface area (Å²) in [5.74, 6) is -3.17. The van der Waals surface area contributed by atoms with E-state index in [4.69, 9.17) is 18.9 Å². The van der Waals surface area contributed by atoms with Gasteiger partial charge in [0.05, 0.1) is 14.2 Å². The second-order valence-corrected chi connectivity index (χ2v) is 15.0. The van der Waals surface area contributed by atoms with Crippen LogP contribution < -0.4 is 21.3 Å². The minimum atomic E-state index is -1.14. The monoisotopic (exact) mass is 666 g/mol. The normalized spacial score (nSPS) is 14.4. The van der Waals surface area contributed by atoms with Crippen LogP contribution in [-0.4, -0.2) is 97.0 Å². The molecule has 14 nitrogen and oxygen atoms in total. The van der Waals surface area contributed by atoms with Gasteiger partial charge in [-0.05, 0) is 53.4 Å². The van der Waals surface area contributed by atoms with E-state index in [0.717, 1.165) is 21.6 Å². The van der Waals surface area contributed by atoms with Crippen LogP contribution in [0.5, 0.6) is 0 Å². The molecule has 4 N–H and O–H groups in total. The van der Waals surface area contributed by atoms with Gasteiger partial charge < -0.3 is 40.2 Å². The molecule has 0 bridgehead atoms. The van der Waals surface area contributed by atoms with Crippen molar-refractivity contribution in [2.24, 2.45) is 11.8 Å². The molecule has 0 fully saturated rings. The lowest BCUT2D eigenvalue weighted by atomic mass is 10.0. The first-order chi connectivity index (χ1) is 20.1. The lowest BCUT2D eigenvalue weighted by molar-refractivity contribution is -0.146. The van der Waals surface area contributed by atoms with Gasteiger partial charge in [-0.15, -0.1) is 0 Å². The molecule has 254 valence electrons. The molecule has 0 rings (SSSR count). The molecule has 4 amide bonds. The van der Waals surface area contributed by atoms with Gasteiger partial charge in [0.2, 0.25) is 11.8 Å². The van der Waals surface area contributed by atoms with E-state index in [1.54, 1.807) is 69.2 Å². The maximum Gasteiger partial charge on any atom is 0.408 e. The van der Waals surface area contributed by atoms with Crippen LogP contribution in [-0.2, 0) is 38.1 Å². The Kier molecular flexibility index (Phi) is 17.6. The predicted molar refractivity (Wildman–Crippen MR) is 169 cm³/mol. The second kappa shape index (κ2) is 18.8. The van der Waals surface area contributed by atoms with Gasteiger partial charge in [-0.25, -0.2) is 19.2 Å². The van der Waals surface area contributed by atoms with Crippen molar-refractivity contribution in [2.45, 2.75) is 105 Å². The van der Waals surface area contributed by atoms with Crippen molar-refractivity contribution in [3.05, 3.63) is 0 Å². The molecule has 0 aromatic rings. The molecular weight excluding hydrogens is 616 g/mol. The van der Waals surface area contributed by atoms with E-state index in [1.807, 2.05) is 0 Å². The van der Waals surface area contributed by atoms with Crippen molar-refractivity contribution in [3.63, 3.8) is 0 Å². The van der Waals surface area contributed by atoms with Crippen LogP contribution in [0.4, 0.5) is 9.59 Å². The average molecular weight is 667 g/mol. The van der Waals surface area contributed by atoms with Crippen molar-refractivity contribution in [1.29, 1.82) is 0 Å². The van der Waals surface area contributed by atoms with Gasteiger partial charge in [-0.3, -0.25) is 9.59 Å². The zero-order valence-corrected chi connectivity index (χ0v) is 29.4. The Morgan fingerprint density at radius 1 is 0.568 bits per heavy atom. The van der Waals surface area contributed by atoms with E-state index >= 15 is 0 Å². The van der Waals surface area contributed by atoms with Crippen LogP contribution in [0.2, 0.25) is 0 Å². The van der Waals surface area contributed by atoms with Gasteiger partial charge in [0.1, 0.15) is 35.4 Å². The number of hydrogen-bond acceptors (Lipinski definition) is 12. The molecule has 16 heteroatoms. The van der Waals surface area contributed by atoms with Crippen molar-refractivity contribution in [3.8, 4) is 0 Å². The Morgan fingerprint density at radius 3 is 1.09 bits per heavy atom. The summed E-state index contributed by atoms with van der Waals surface area (Å²) in [6.45, 7) is 17.0. The molecule has 0 aromatic carbocycles. The zero-order valence-electron chi connectivity index (χ0n) is 27.8. The molecule has 0 aliphatic heterocycles. The van der Waals surface area contributed by atoms with Crippen molar-refractivity contribution in [2.75, 3.05) is 25.7 Å². The van der Waals surface area contributed by atoms with E-state index in [1.165, 1.54) is 14.2 Å². The summed E-state index contributed by atoms with van der Waals surface area (Å²) in [5, 5.41) is 10.3. The molecular formula is C28H50N4O10S2. The second-order valence-electron chi connectivity index (χ2n) is 12.5. The smallest absolute Gasteiger partial charge is 0.408 e. The Morgan fingerprint density at radius 2 is 0.864 bits per heavy atom. The van der Waals surface area contributed by atoms with E-state index in [0.29, 0.717) is 0 Å². The van der Waals surface area contributed by atoms with Crippen LogP contribution in [0, 0.1) is 11.8 Å². The minimum Gasteiger partial charge on any atom is -0.467 e. The highest BCUT2D eigenvalue weighted by Crippen LogP contribution is 2.24. The number of hydrogen-bond donors (Lipinski definition) is 4. The fourth-order valence-electron chi connectivity index (χ4n) is 3.25. The van der Waals surface area contributed by atoms with E-state index in [2.05, 4.69) is 21.3 Å². The maximum absolute atomic E-state index is 13.2. The van der Waals surface area contributed by atoms with Crippen LogP contribution in [0.1, 0.15) is 69.2 Å². The van der Waals surface area contributed by atoms with Crippen LogP contribution in [0.15, 0.2) is 0 Å². The molecule has 0 saturated heterocycles. The lowest BCUT2D eigenvalue weighted by Gasteiger charge is -2.26. The average Bonchev–Trinajstić information content (AvgIpc) is 2.87. The quantitative estimate of drug-likeness (QED) is 0.0868. The SMILES string of the molecule is COC(=O)[C@@H](NC(=O)[C@H](CSSC[C@H](NC(=O)OC(C)(C)C)C(=O)N[C@H](C(=O)OC)C(C)C)NC(=O)OC(C)(C)C)C(C)C. The van der Waals surface area contributed by atoms with E-state index in [9.17, 15) is 28.8 Å². The molecule has 0 saturated carbocycles. The summed E-state index contributed by atoms with van der Waals surface area (Å²) in [4.78, 5) is 75.8. The lowest BCUT2D eigenvalue weighted by Crippen LogP contribution is -2.55. The van der Waals surface area contributed by atoms with Gasteiger partial charge in [0.15, 0.2) is 0 Å². The summed E-state index contributed by atoms with van der Waals surface area (Å²) in [6, 6.07) is -4.18. The van der Waals surface area contributed by atoms with Crippen LogP contribution in [0.3, 0.4) is 0 Å². The number of alkyl carbamates (subject to hydrolysis) is 2. The molecule has 0 aromatic heterocycles. The molecule has 0 spiro atoms. The van der Waals surface area contributed by atoms with Crippen LogP contribution in [0.25, 0.3) is 0 Å². The zero-order chi connectivity index (χ0) is 34.4. The highest BCUT2D eigenvalue weighted by atomic mass is 33.1. The molecule has 4 atom stereocenters. The molecule has 0 radical (unpaired) electrons. The first kappa shape index (κ1) is 41.1. The third-order valence-corrected chi connectivity index (χ3v) is 7.83. The predicted octanol–water partition coefficient (Wildman–Crippen LogP) is 2.78. The first-order valence-corrected chi connectivity index (χ1v) is 16.6. The van der Waals surface area contributed by atoms with Gasteiger partial charge in [-0.1, -0.05) is 49.3 Å². The Hall–Kier alpha value is -2.88. The number of carbonyl (C=O) groups is 6. The van der Waals surface area contributed by atoms with Crippen LogP contribution >= 0.6 is 21.6 Å². The Labute approximate surface area is 268 Å². The Bertz CT molecular complexity index is 918. The van der Waals surface area contributed by atoms with Gasteiger partial charge in [-0.2, -0.15) is 0 Å². The summed E-state index contributed by atoms with van der Waals surface area (Å²) < 4.78 is 20.2. The minimum absolute atomic E-state index is 0.000707. The highest BCUT2D eigenvalue weighted by Gasteiger charge is 2.33. The maximum atomic E-state index is 13.2. The molecule has 0 heterocycles. The van der Waals surface area contributed by atoms with Gasteiger partial charge in [0, 0.05) is 11.5 Å². The third kappa shape index (κ3) is 16.8. The fourth-order valence-corrected chi connectivity index (χ4v) is 5.58. The number of nitrogens with one attached hydrogen (secondary N) is 4. The number of ether oxygens (including phenoxy) is 4. The van der Waals surface area contributed by atoms with Crippen molar-refractivity contribution < 1.29 is 47.7 Å². The Balaban J connectivity index is 5.79.